The van der Waals surface area contributed by atoms with Crippen molar-refractivity contribution in [1.29, 1.82) is 0 Å². The zero-order chi connectivity index (χ0) is 14.5. The van der Waals surface area contributed by atoms with Crippen molar-refractivity contribution in [1.82, 2.24) is 10.3 Å². The third kappa shape index (κ3) is 4.34. The number of anilines is 2. The third-order valence-corrected chi connectivity index (χ3v) is 3.63. The molecule has 1 aromatic rings. The predicted molar refractivity (Wildman–Crippen MR) is 89.3 cm³/mol. The van der Waals surface area contributed by atoms with Gasteiger partial charge >= 0.3 is 0 Å². The molecule has 0 radical (unpaired) electrons. The summed E-state index contributed by atoms with van der Waals surface area (Å²) >= 11 is 5.23. The van der Waals surface area contributed by atoms with Crippen molar-refractivity contribution in [3.05, 3.63) is 18.3 Å². The molecule has 1 aliphatic heterocycles. The number of hydrogen-bond donors (Lipinski definition) is 2. The van der Waals surface area contributed by atoms with Gasteiger partial charge in [0.2, 0.25) is 0 Å². The average Bonchev–Trinajstić information content (AvgIpc) is 2.38. The molecule has 110 valence electrons. The summed E-state index contributed by atoms with van der Waals surface area (Å²) in [5.74, 6) is 1.82. The molecule has 1 aromatic heterocycles. The van der Waals surface area contributed by atoms with E-state index in [4.69, 9.17) is 12.2 Å². The van der Waals surface area contributed by atoms with Crippen molar-refractivity contribution in [2.45, 2.75) is 39.7 Å². The van der Waals surface area contributed by atoms with Gasteiger partial charge in [0.05, 0.1) is 11.9 Å². The molecular formula is C15H24N4S. The molecular weight excluding hydrogens is 268 g/mol. The van der Waals surface area contributed by atoms with Gasteiger partial charge in [-0.25, -0.2) is 4.98 Å². The zero-order valence-corrected chi connectivity index (χ0v) is 13.3. The maximum absolute atomic E-state index is 5.23. The number of piperidine rings is 1. The van der Waals surface area contributed by atoms with Gasteiger partial charge in [-0.15, -0.1) is 0 Å². The van der Waals surface area contributed by atoms with Gasteiger partial charge in [-0.2, -0.15) is 0 Å². The van der Waals surface area contributed by atoms with Gasteiger partial charge in [0.1, 0.15) is 5.82 Å². The lowest BCUT2D eigenvalue weighted by molar-refractivity contribution is 0.444. The smallest absolute Gasteiger partial charge is 0.171 e. The number of rotatable bonds is 3. The molecule has 2 N–H and O–H groups in total. The second-order valence-corrected chi connectivity index (χ2v) is 6.26. The standard InChI is InChI=1S/C15H24N4S/c1-11(2)17-15(20)18-13-6-7-14(16-9-13)19-8-4-5-12(3)10-19/h6-7,9,11-12H,4-5,8,10H2,1-3H3,(H2,17,18,20)/t12-/m0/s1. The van der Waals surface area contributed by atoms with Crippen molar-refractivity contribution in [3.63, 3.8) is 0 Å². The Hall–Kier alpha value is -1.36. The third-order valence-electron chi connectivity index (χ3n) is 3.41. The Morgan fingerprint density at radius 3 is 2.85 bits per heavy atom. The molecule has 0 amide bonds. The van der Waals surface area contributed by atoms with E-state index in [-0.39, 0.29) is 0 Å². The molecule has 0 bridgehead atoms. The summed E-state index contributed by atoms with van der Waals surface area (Å²) in [5, 5.41) is 6.95. The van der Waals surface area contributed by atoms with Crippen LogP contribution in [0.1, 0.15) is 33.6 Å². The van der Waals surface area contributed by atoms with E-state index in [0.29, 0.717) is 11.2 Å². The summed E-state index contributed by atoms with van der Waals surface area (Å²) in [6.45, 7) is 8.64. The molecule has 1 fully saturated rings. The van der Waals surface area contributed by atoms with Gasteiger partial charge in [-0.3, -0.25) is 0 Å². The lowest BCUT2D eigenvalue weighted by atomic mass is 10.0. The predicted octanol–water partition coefficient (Wildman–Crippen LogP) is 3.01. The zero-order valence-electron chi connectivity index (χ0n) is 12.5. The van der Waals surface area contributed by atoms with E-state index < -0.39 is 0 Å². The second kappa shape index (κ2) is 6.88. The van der Waals surface area contributed by atoms with Crippen LogP contribution in [0.5, 0.6) is 0 Å². The van der Waals surface area contributed by atoms with Crippen LogP contribution in [-0.2, 0) is 0 Å². The normalized spacial score (nSPS) is 19.0. The molecule has 5 heteroatoms. The van der Waals surface area contributed by atoms with Gasteiger partial charge in [0, 0.05) is 19.1 Å². The molecule has 2 heterocycles. The van der Waals surface area contributed by atoms with Gasteiger partial charge in [0.15, 0.2) is 5.11 Å². The van der Waals surface area contributed by atoms with E-state index in [2.05, 4.69) is 47.4 Å². The summed E-state index contributed by atoms with van der Waals surface area (Å²) in [4.78, 5) is 6.91. The second-order valence-electron chi connectivity index (χ2n) is 5.85. The Balaban J connectivity index is 1.94. The number of nitrogens with zero attached hydrogens (tertiary/aromatic N) is 2. The number of pyridine rings is 1. The van der Waals surface area contributed by atoms with E-state index >= 15 is 0 Å². The SMILES string of the molecule is CC(C)NC(=S)Nc1ccc(N2CCC[C@H](C)C2)nc1. The fraction of sp³-hybridized carbons (Fsp3) is 0.600. The fourth-order valence-electron chi connectivity index (χ4n) is 2.47. The van der Waals surface area contributed by atoms with E-state index in [1.807, 2.05) is 12.3 Å². The van der Waals surface area contributed by atoms with Crippen LogP contribution in [0.15, 0.2) is 18.3 Å². The van der Waals surface area contributed by atoms with Crippen molar-refractivity contribution in [3.8, 4) is 0 Å². The highest BCUT2D eigenvalue weighted by atomic mass is 32.1. The van der Waals surface area contributed by atoms with Crippen molar-refractivity contribution >= 4 is 28.8 Å². The minimum Gasteiger partial charge on any atom is -0.360 e. The van der Waals surface area contributed by atoms with Gasteiger partial charge < -0.3 is 15.5 Å². The molecule has 0 unspecified atom stereocenters. The maximum Gasteiger partial charge on any atom is 0.171 e. The van der Waals surface area contributed by atoms with Crippen molar-refractivity contribution in [2.75, 3.05) is 23.3 Å². The van der Waals surface area contributed by atoms with Crippen LogP contribution in [-0.4, -0.2) is 29.2 Å². The number of hydrogen-bond acceptors (Lipinski definition) is 3. The maximum atomic E-state index is 5.23. The monoisotopic (exact) mass is 292 g/mol. The minimum atomic E-state index is 0.331. The van der Waals surface area contributed by atoms with Crippen LogP contribution in [0, 0.1) is 5.92 Å². The highest BCUT2D eigenvalue weighted by molar-refractivity contribution is 7.80. The topological polar surface area (TPSA) is 40.2 Å². The average molecular weight is 292 g/mol. The van der Waals surface area contributed by atoms with Gasteiger partial charge in [0.25, 0.3) is 0 Å². The van der Waals surface area contributed by atoms with E-state index in [1.165, 1.54) is 12.8 Å². The Kier molecular flexibility index (Phi) is 5.17. The highest BCUT2D eigenvalue weighted by Gasteiger charge is 2.17. The quantitative estimate of drug-likeness (QED) is 0.838. The molecule has 0 aliphatic carbocycles. The molecule has 1 saturated heterocycles. The molecule has 0 aromatic carbocycles. The van der Waals surface area contributed by atoms with Crippen LogP contribution >= 0.6 is 12.2 Å². The molecule has 4 nitrogen and oxygen atoms in total. The Morgan fingerprint density at radius 1 is 1.45 bits per heavy atom. The van der Waals surface area contributed by atoms with E-state index in [9.17, 15) is 0 Å². The summed E-state index contributed by atoms with van der Waals surface area (Å²) in [7, 11) is 0. The molecule has 0 spiro atoms. The van der Waals surface area contributed by atoms with Crippen LogP contribution in [0.3, 0.4) is 0 Å². The van der Waals surface area contributed by atoms with Crippen molar-refractivity contribution in [2.24, 2.45) is 5.92 Å². The minimum absolute atomic E-state index is 0.331. The molecule has 1 atom stereocenters. The van der Waals surface area contributed by atoms with E-state index in [1.54, 1.807) is 0 Å². The first-order valence-electron chi connectivity index (χ1n) is 7.33. The summed E-state index contributed by atoms with van der Waals surface area (Å²) in [5.41, 5.74) is 0.928. The Labute approximate surface area is 127 Å². The molecule has 1 aliphatic rings. The number of aromatic nitrogens is 1. The summed E-state index contributed by atoms with van der Waals surface area (Å²) in [6.07, 6.45) is 4.43. The van der Waals surface area contributed by atoms with Crippen LogP contribution in [0.2, 0.25) is 0 Å². The first-order valence-corrected chi connectivity index (χ1v) is 7.74. The number of thiocarbonyl (C=S) groups is 1. The van der Waals surface area contributed by atoms with Crippen LogP contribution in [0.25, 0.3) is 0 Å². The largest absolute Gasteiger partial charge is 0.360 e. The first kappa shape index (κ1) is 15.0. The van der Waals surface area contributed by atoms with E-state index in [0.717, 1.165) is 30.5 Å². The fourth-order valence-corrected chi connectivity index (χ4v) is 2.83. The Morgan fingerprint density at radius 2 is 2.25 bits per heavy atom. The molecule has 20 heavy (non-hydrogen) atoms. The summed E-state index contributed by atoms with van der Waals surface area (Å²) < 4.78 is 0. The number of nitrogens with one attached hydrogen (secondary N) is 2. The van der Waals surface area contributed by atoms with Gasteiger partial charge in [-0.1, -0.05) is 6.92 Å². The Bertz CT molecular complexity index is 444. The lowest BCUT2D eigenvalue weighted by Gasteiger charge is -2.31. The summed E-state index contributed by atoms with van der Waals surface area (Å²) in [6, 6.07) is 4.44. The molecule has 2 rings (SSSR count). The van der Waals surface area contributed by atoms with Crippen LogP contribution in [0.4, 0.5) is 11.5 Å². The van der Waals surface area contributed by atoms with Crippen molar-refractivity contribution < 1.29 is 0 Å². The molecule has 0 saturated carbocycles. The van der Waals surface area contributed by atoms with Gasteiger partial charge in [-0.05, 0) is 57.0 Å². The van der Waals surface area contributed by atoms with Crippen LogP contribution < -0.4 is 15.5 Å². The lowest BCUT2D eigenvalue weighted by Crippen LogP contribution is -2.35. The first-order chi connectivity index (χ1) is 9.54. The highest BCUT2D eigenvalue weighted by Crippen LogP contribution is 2.21.